The van der Waals surface area contributed by atoms with Gasteiger partial charge in [0.05, 0.1) is 0 Å². The Morgan fingerprint density at radius 3 is 2.54 bits per heavy atom. The zero-order chi connectivity index (χ0) is 17.9. The van der Waals surface area contributed by atoms with Crippen molar-refractivity contribution < 1.29 is 19.1 Å². The van der Waals surface area contributed by atoms with Crippen LogP contribution < -0.4 is 19.7 Å². The van der Waals surface area contributed by atoms with Gasteiger partial charge in [0, 0.05) is 30.8 Å². The Hall–Kier alpha value is -3.02. The van der Waals surface area contributed by atoms with Crippen molar-refractivity contribution in [3.8, 4) is 11.5 Å². The number of anilines is 1. The van der Waals surface area contributed by atoms with Gasteiger partial charge in [0.2, 0.25) is 5.91 Å². The number of amides is 2. The van der Waals surface area contributed by atoms with Gasteiger partial charge in [0.1, 0.15) is 13.2 Å². The summed E-state index contributed by atoms with van der Waals surface area (Å²) in [5.74, 6) is 1.27. The van der Waals surface area contributed by atoms with Crippen molar-refractivity contribution in [1.29, 1.82) is 0 Å². The van der Waals surface area contributed by atoms with Crippen molar-refractivity contribution in [1.82, 2.24) is 5.32 Å². The van der Waals surface area contributed by atoms with E-state index in [-0.39, 0.29) is 11.8 Å². The molecule has 2 amide bonds. The third-order valence-electron chi connectivity index (χ3n) is 4.58. The third-order valence-corrected chi connectivity index (χ3v) is 4.58. The van der Waals surface area contributed by atoms with Gasteiger partial charge < -0.3 is 19.7 Å². The lowest BCUT2D eigenvalue weighted by atomic mass is 10.1. The van der Waals surface area contributed by atoms with Crippen LogP contribution in [0.4, 0.5) is 5.69 Å². The Morgan fingerprint density at radius 2 is 1.81 bits per heavy atom. The molecule has 0 spiro atoms. The normalized spacial score (nSPS) is 15.8. The van der Waals surface area contributed by atoms with Crippen molar-refractivity contribution in [2.45, 2.75) is 19.4 Å². The first kappa shape index (κ1) is 16.4. The second kappa shape index (κ2) is 7.07. The van der Waals surface area contributed by atoms with Crippen LogP contribution in [-0.4, -0.2) is 31.6 Å². The van der Waals surface area contributed by atoms with Crippen LogP contribution >= 0.6 is 0 Å². The molecule has 134 valence electrons. The minimum Gasteiger partial charge on any atom is -0.486 e. The molecular formula is C20H20N2O4. The van der Waals surface area contributed by atoms with Crippen LogP contribution in [0.15, 0.2) is 42.5 Å². The van der Waals surface area contributed by atoms with E-state index in [2.05, 4.69) is 5.32 Å². The first-order valence-corrected chi connectivity index (χ1v) is 8.78. The number of hydrogen-bond acceptors (Lipinski definition) is 4. The van der Waals surface area contributed by atoms with Gasteiger partial charge in [-0.25, -0.2) is 0 Å². The summed E-state index contributed by atoms with van der Waals surface area (Å²) in [6.45, 7) is 2.21. The molecule has 0 bridgehead atoms. The Bertz CT molecular complexity index is 832. The predicted molar refractivity (Wildman–Crippen MR) is 96.6 cm³/mol. The largest absolute Gasteiger partial charge is 0.486 e. The number of nitrogens with one attached hydrogen (secondary N) is 1. The van der Waals surface area contributed by atoms with Gasteiger partial charge in [0.15, 0.2) is 11.5 Å². The molecule has 4 rings (SSSR count). The van der Waals surface area contributed by atoms with E-state index >= 15 is 0 Å². The average molecular weight is 352 g/mol. The highest BCUT2D eigenvalue weighted by molar-refractivity contribution is 5.95. The van der Waals surface area contributed by atoms with Gasteiger partial charge in [-0.15, -0.1) is 0 Å². The van der Waals surface area contributed by atoms with Crippen molar-refractivity contribution in [2.75, 3.05) is 24.7 Å². The highest BCUT2D eigenvalue weighted by Gasteiger charge is 2.21. The molecule has 26 heavy (non-hydrogen) atoms. The molecule has 1 N–H and O–H groups in total. The summed E-state index contributed by atoms with van der Waals surface area (Å²) in [7, 11) is 0. The van der Waals surface area contributed by atoms with E-state index in [0.29, 0.717) is 43.2 Å². The van der Waals surface area contributed by atoms with Gasteiger partial charge in [-0.2, -0.15) is 0 Å². The zero-order valence-electron chi connectivity index (χ0n) is 14.4. The lowest BCUT2D eigenvalue weighted by molar-refractivity contribution is -0.117. The molecule has 0 radical (unpaired) electrons. The average Bonchev–Trinajstić information content (AvgIpc) is 3.12. The van der Waals surface area contributed by atoms with Crippen molar-refractivity contribution in [3.05, 3.63) is 53.6 Å². The van der Waals surface area contributed by atoms with E-state index < -0.39 is 0 Å². The van der Waals surface area contributed by atoms with Crippen molar-refractivity contribution in [3.63, 3.8) is 0 Å². The molecule has 2 aliphatic heterocycles. The number of ether oxygens (including phenoxy) is 2. The quantitative estimate of drug-likeness (QED) is 0.918. The monoisotopic (exact) mass is 352 g/mol. The number of fused-ring (bicyclic) bond motifs is 1. The van der Waals surface area contributed by atoms with Gasteiger partial charge in [-0.05, 0) is 42.3 Å². The van der Waals surface area contributed by atoms with Crippen LogP contribution in [0, 0.1) is 0 Å². The Labute approximate surface area is 151 Å². The Kier molecular flexibility index (Phi) is 4.48. The lowest BCUT2D eigenvalue weighted by Gasteiger charge is -2.18. The fraction of sp³-hybridized carbons (Fsp3) is 0.300. The fourth-order valence-corrected chi connectivity index (χ4v) is 3.18. The van der Waals surface area contributed by atoms with Crippen LogP contribution in [0.1, 0.15) is 28.8 Å². The molecule has 0 aliphatic carbocycles. The second-order valence-corrected chi connectivity index (χ2v) is 6.36. The van der Waals surface area contributed by atoms with E-state index in [1.165, 1.54) is 0 Å². The summed E-state index contributed by atoms with van der Waals surface area (Å²) in [5.41, 5.74) is 2.43. The first-order chi connectivity index (χ1) is 12.7. The number of nitrogens with zero attached hydrogens (tertiary/aromatic N) is 1. The van der Waals surface area contributed by atoms with Gasteiger partial charge >= 0.3 is 0 Å². The first-order valence-electron chi connectivity index (χ1n) is 8.78. The Morgan fingerprint density at radius 1 is 1.04 bits per heavy atom. The van der Waals surface area contributed by atoms with Crippen molar-refractivity contribution >= 4 is 17.5 Å². The topological polar surface area (TPSA) is 67.9 Å². The smallest absolute Gasteiger partial charge is 0.251 e. The molecule has 2 heterocycles. The van der Waals surface area contributed by atoms with E-state index in [0.717, 1.165) is 24.2 Å². The van der Waals surface area contributed by atoms with Crippen LogP contribution in [0.25, 0.3) is 0 Å². The zero-order valence-corrected chi connectivity index (χ0v) is 14.4. The summed E-state index contributed by atoms with van der Waals surface area (Å²) in [5, 5.41) is 2.90. The SMILES string of the molecule is O=C(NCc1ccc(N2CCCC2=O)cc1)c1ccc2c(c1)OCCO2. The van der Waals surface area contributed by atoms with E-state index in [1.807, 2.05) is 24.3 Å². The molecule has 1 saturated heterocycles. The number of carbonyl (C=O) groups excluding carboxylic acids is 2. The lowest BCUT2D eigenvalue weighted by Crippen LogP contribution is -2.24. The van der Waals surface area contributed by atoms with Crippen LogP contribution in [0.2, 0.25) is 0 Å². The van der Waals surface area contributed by atoms with E-state index in [4.69, 9.17) is 9.47 Å². The number of carbonyl (C=O) groups is 2. The minimum absolute atomic E-state index is 0.166. The number of hydrogen-bond donors (Lipinski definition) is 1. The standard InChI is InChI=1S/C20H20N2O4/c23-19-2-1-9-22(19)16-6-3-14(4-7-16)13-21-20(24)15-5-8-17-18(12-15)26-11-10-25-17/h3-8,12H,1-2,9-11,13H2,(H,21,24). The second-order valence-electron chi connectivity index (χ2n) is 6.36. The number of benzene rings is 2. The minimum atomic E-state index is -0.166. The summed E-state index contributed by atoms with van der Waals surface area (Å²) in [6, 6.07) is 12.9. The van der Waals surface area contributed by atoms with Gasteiger partial charge in [-0.1, -0.05) is 12.1 Å². The van der Waals surface area contributed by atoms with Crippen LogP contribution in [0.5, 0.6) is 11.5 Å². The predicted octanol–water partition coefficient (Wildman–Crippen LogP) is 2.51. The molecule has 0 unspecified atom stereocenters. The maximum Gasteiger partial charge on any atom is 0.251 e. The molecule has 2 aromatic carbocycles. The maximum absolute atomic E-state index is 12.4. The maximum atomic E-state index is 12.4. The third kappa shape index (κ3) is 3.35. The summed E-state index contributed by atoms with van der Waals surface area (Å²) in [6.07, 6.45) is 1.53. The molecular weight excluding hydrogens is 332 g/mol. The highest BCUT2D eigenvalue weighted by atomic mass is 16.6. The van der Waals surface area contributed by atoms with Crippen LogP contribution in [-0.2, 0) is 11.3 Å². The van der Waals surface area contributed by atoms with E-state index in [9.17, 15) is 9.59 Å². The molecule has 2 aromatic rings. The van der Waals surface area contributed by atoms with Gasteiger partial charge in [-0.3, -0.25) is 9.59 Å². The van der Waals surface area contributed by atoms with Gasteiger partial charge in [0.25, 0.3) is 5.91 Å². The molecule has 1 fully saturated rings. The van der Waals surface area contributed by atoms with Crippen molar-refractivity contribution in [2.24, 2.45) is 0 Å². The molecule has 6 nitrogen and oxygen atoms in total. The molecule has 0 aromatic heterocycles. The Balaban J connectivity index is 1.37. The molecule has 2 aliphatic rings. The fourth-order valence-electron chi connectivity index (χ4n) is 3.18. The summed E-state index contributed by atoms with van der Waals surface area (Å²) >= 11 is 0. The summed E-state index contributed by atoms with van der Waals surface area (Å²) in [4.78, 5) is 25.9. The molecule has 0 atom stereocenters. The number of rotatable bonds is 4. The summed E-state index contributed by atoms with van der Waals surface area (Å²) < 4.78 is 11.0. The molecule has 6 heteroatoms. The molecule has 0 saturated carbocycles. The van der Waals surface area contributed by atoms with Crippen LogP contribution in [0.3, 0.4) is 0 Å². The highest BCUT2D eigenvalue weighted by Crippen LogP contribution is 2.30. The van der Waals surface area contributed by atoms with E-state index in [1.54, 1.807) is 23.1 Å².